The molecule has 0 aliphatic rings. The molecule has 0 atom stereocenters. The van der Waals surface area contributed by atoms with Crippen molar-refractivity contribution >= 4 is 11.8 Å². The lowest BCUT2D eigenvalue weighted by Gasteiger charge is -2.09. The maximum atomic E-state index is 12.2. The smallest absolute Gasteiger partial charge is 0.330 e. The predicted octanol–water partition coefficient (Wildman–Crippen LogP) is 6.67. The van der Waals surface area contributed by atoms with E-state index in [1.165, 1.54) is 6.08 Å². The van der Waals surface area contributed by atoms with Crippen LogP contribution in [0, 0.1) is 0 Å². The van der Waals surface area contributed by atoms with Gasteiger partial charge in [0.05, 0.1) is 19.8 Å². The lowest BCUT2D eigenvalue weighted by Crippen LogP contribution is -2.06. The second-order valence-corrected chi connectivity index (χ2v) is 8.07. The average Bonchev–Trinajstić information content (AvgIpc) is 2.91. The van der Waals surface area contributed by atoms with Crippen LogP contribution in [0.3, 0.4) is 0 Å². The van der Waals surface area contributed by atoms with Crippen LogP contribution in [0.15, 0.2) is 91.5 Å². The summed E-state index contributed by atoms with van der Waals surface area (Å²) < 4.78 is 16.5. The number of carbonyl (C=O) groups excluding carboxylic acids is 2. The Hall–Kier alpha value is -3.86. The first-order chi connectivity index (χ1) is 17.2. The van der Waals surface area contributed by atoms with E-state index in [1.807, 2.05) is 78.9 Å². The van der Waals surface area contributed by atoms with E-state index in [4.69, 9.17) is 14.2 Å². The number of carbonyl (C=O) groups is 2. The number of benzene rings is 3. The molecule has 3 rings (SSSR count). The van der Waals surface area contributed by atoms with Gasteiger partial charge in [0, 0.05) is 18.1 Å². The molecule has 3 aromatic rings. The normalized spacial score (nSPS) is 10.4. The van der Waals surface area contributed by atoms with Crippen molar-refractivity contribution in [2.24, 2.45) is 0 Å². The molecule has 0 aliphatic carbocycles. The molecule has 35 heavy (non-hydrogen) atoms. The van der Waals surface area contributed by atoms with Crippen molar-refractivity contribution in [2.75, 3.05) is 19.8 Å². The van der Waals surface area contributed by atoms with E-state index in [2.05, 4.69) is 6.58 Å². The van der Waals surface area contributed by atoms with E-state index in [1.54, 1.807) is 0 Å². The van der Waals surface area contributed by atoms with Crippen molar-refractivity contribution in [3.8, 4) is 22.6 Å². The summed E-state index contributed by atoms with van der Waals surface area (Å²) in [7, 11) is 0. The van der Waals surface area contributed by atoms with Gasteiger partial charge in [-0.1, -0.05) is 61.2 Å². The van der Waals surface area contributed by atoms with Crippen molar-refractivity contribution in [3.63, 3.8) is 0 Å². The topological polar surface area (TPSA) is 61.8 Å². The molecule has 5 heteroatoms. The number of ketones is 1. The van der Waals surface area contributed by atoms with E-state index < -0.39 is 0 Å². The zero-order valence-electron chi connectivity index (χ0n) is 20.0. The number of esters is 1. The molecule has 0 aliphatic heterocycles. The lowest BCUT2D eigenvalue weighted by molar-refractivity contribution is -0.137. The second-order valence-electron chi connectivity index (χ2n) is 8.07. The van der Waals surface area contributed by atoms with E-state index in [0.717, 1.165) is 48.3 Å². The third-order valence-electron chi connectivity index (χ3n) is 5.45. The molecular weight excluding hydrogens is 440 g/mol. The summed E-state index contributed by atoms with van der Waals surface area (Å²) in [6, 6.07) is 25.2. The van der Waals surface area contributed by atoms with Crippen LogP contribution in [0.5, 0.6) is 11.5 Å². The van der Waals surface area contributed by atoms with Crippen molar-refractivity contribution in [3.05, 3.63) is 97.1 Å². The maximum absolute atomic E-state index is 12.2. The molecule has 5 nitrogen and oxygen atoms in total. The molecule has 3 aromatic carbocycles. The van der Waals surface area contributed by atoms with Gasteiger partial charge in [0.1, 0.15) is 11.5 Å². The fourth-order valence-corrected chi connectivity index (χ4v) is 3.50. The van der Waals surface area contributed by atoms with Crippen LogP contribution in [-0.2, 0) is 9.53 Å². The van der Waals surface area contributed by atoms with Crippen molar-refractivity contribution in [2.45, 2.75) is 32.1 Å². The zero-order valence-corrected chi connectivity index (χ0v) is 20.0. The van der Waals surface area contributed by atoms with Gasteiger partial charge in [-0.3, -0.25) is 4.79 Å². The van der Waals surface area contributed by atoms with Crippen LogP contribution in [-0.4, -0.2) is 31.6 Å². The summed E-state index contributed by atoms with van der Waals surface area (Å²) in [5.74, 6) is 1.30. The standard InChI is InChI=1S/C30H32O5/c1-2-30(32)35-22-9-4-3-8-21-33-27-16-12-24(13-17-27)25-14-18-28(19-15-25)34-23-20-29(31)26-10-6-5-7-11-26/h2,5-7,10-19H,1,3-4,8-9,20-23H2. The molecule has 0 saturated heterocycles. The first-order valence-electron chi connectivity index (χ1n) is 12.0. The van der Waals surface area contributed by atoms with Crippen LogP contribution in [0.25, 0.3) is 11.1 Å². The van der Waals surface area contributed by atoms with Crippen molar-refractivity contribution < 1.29 is 23.8 Å². The van der Waals surface area contributed by atoms with Gasteiger partial charge in [-0.15, -0.1) is 0 Å². The predicted molar refractivity (Wildman–Crippen MR) is 138 cm³/mol. The summed E-state index contributed by atoms with van der Waals surface area (Å²) in [4.78, 5) is 23.1. The zero-order chi connectivity index (χ0) is 24.7. The minimum atomic E-state index is -0.367. The van der Waals surface area contributed by atoms with Gasteiger partial charge >= 0.3 is 5.97 Å². The quantitative estimate of drug-likeness (QED) is 0.107. The van der Waals surface area contributed by atoms with Crippen LogP contribution in [0.2, 0.25) is 0 Å². The lowest BCUT2D eigenvalue weighted by atomic mass is 10.1. The SMILES string of the molecule is C=CC(=O)OCCCCCCOc1ccc(-c2ccc(OCCC(=O)c3ccccc3)cc2)cc1. The number of unbranched alkanes of at least 4 members (excludes halogenated alkanes) is 3. The molecule has 0 fully saturated rings. The Balaban J connectivity index is 1.34. The summed E-state index contributed by atoms with van der Waals surface area (Å²) in [5, 5.41) is 0. The Morgan fingerprint density at radius 3 is 1.77 bits per heavy atom. The number of rotatable bonds is 15. The Morgan fingerprint density at radius 2 is 1.20 bits per heavy atom. The van der Waals surface area contributed by atoms with Crippen LogP contribution in [0.1, 0.15) is 42.5 Å². The highest BCUT2D eigenvalue weighted by Crippen LogP contribution is 2.25. The van der Waals surface area contributed by atoms with Gasteiger partial charge in [-0.05, 0) is 61.1 Å². The van der Waals surface area contributed by atoms with Crippen LogP contribution >= 0.6 is 0 Å². The molecule has 0 spiro atoms. The van der Waals surface area contributed by atoms with Gasteiger partial charge < -0.3 is 14.2 Å². The van der Waals surface area contributed by atoms with Crippen LogP contribution < -0.4 is 9.47 Å². The largest absolute Gasteiger partial charge is 0.494 e. The summed E-state index contributed by atoms with van der Waals surface area (Å²) >= 11 is 0. The van der Waals surface area contributed by atoms with E-state index in [0.29, 0.717) is 31.8 Å². The first-order valence-corrected chi connectivity index (χ1v) is 12.0. The Morgan fingerprint density at radius 1 is 0.657 bits per heavy atom. The minimum absolute atomic E-state index is 0.0797. The van der Waals surface area contributed by atoms with Crippen molar-refractivity contribution in [1.82, 2.24) is 0 Å². The monoisotopic (exact) mass is 472 g/mol. The fraction of sp³-hybridized carbons (Fsp3) is 0.267. The molecule has 0 radical (unpaired) electrons. The average molecular weight is 473 g/mol. The number of hydrogen-bond acceptors (Lipinski definition) is 5. The Labute approximate surface area is 207 Å². The Kier molecular flexibility index (Phi) is 10.6. The van der Waals surface area contributed by atoms with Crippen molar-refractivity contribution in [1.29, 1.82) is 0 Å². The molecule has 0 heterocycles. The van der Waals surface area contributed by atoms with E-state index in [-0.39, 0.29) is 11.8 Å². The molecule has 0 saturated carbocycles. The summed E-state index contributed by atoms with van der Waals surface area (Å²) in [5.41, 5.74) is 2.89. The van der Waals surface area contributed by atoms with Gasteiger partial charge in [-0.25, -0.2) is 4.79 Å². The molecule has 182 valence electrons. The highest BCUT2D eigenvalue weighted by atomic mass is 16.5. The first kappa shape index (κ1) is 25.8. The van der Waals surface area contributed by atoms with Gasteiger partial charge in [0.15, 0.2) is 5.78 Å². The number of hydrogen-bond donors (Lipinski definition) is 0. The van der Waals surface area contributed by atoms with Gasteiger partial charge in [0.2, 0.25) is 0 Å². The molecular formula is C30H32O5. The van der Waals surface area contributed by atoms with Gasteiger partial charge in [-0.2, -0.15) is 0 Å². The molecule has 0 N–H and O–H groups in total. The van der Waals surface area contributed by atoms with Gasteiger partial charge in [0.25, 0.3) is 0 Å². The molecule has 0 bridgehead atoms. The molecule has 0 aromatic heterocycles. The highest BCUT2D eigenvalue weighted by molar-refractivity contribution is 5.96. The third kappa shape index (κ3) is 9.13. The molecule has 0 amide bonds. The Bertz CT molecular complexity index is 1060. The summed E-state index contributed by atoms with van der Waals surface area (Å²) in [6.07, 6.45) is 5.36. The maximum Gasteiger partial charge on any atom is 0.330 e. The fourth-order valence-electron chi connectivity index (χ4n) is 3.50. The minimum Gasteiger partial charge on any atom is -0.494 e. The summed E-state index contributed by atoms with van der Waals surface area (Å²) in [6.45, 7) is 4.82. The van der Waals surface area contributed by atoms with E-state index in [9.17, 15) is 9.59 Å². The third-order valence-corrected chi connectivity index (χ3v) is 5.45. The second kappa shape index (κ2) is 14.4. The highest BCUT2D eigenvalue weighted by Gasteiger charge is 2.06. The van der Waals surface area contributed by atoms with Crippen LogP contribution in [0.4, 0.5) is 0 Å². The number of ether oxygens (including phenoxy) is 3. The molecule has 0 unspecified atom stereocenters. The van der Waals surface area contributed by atoms with E-state index >= 15 is 0 Å². The number of Topliss-reactive ketones (excluding diaryl/α,β-unsaturated/α-hetero) is 1.